The van der Waals surface area contributed by atoms with Crippen molar-refractivity contribution in [3.05, 3.63) is 58.9 Å². The quantitative estimate of drug-likeness (QED) is 0.691. The average molecular weight is 379 g/mol. The Kier molecular flexibility index (Phi) is 7.12. The summed E-state index contributed by atoms with van der Waals surface area (Å²) in [7, 11) is 1.75. The van der Waals surface area contributed by atoms with Crippen molar-refractivity contribution >= 4 is 34.8 Å². The maximum Gasteiger partial charge on any atom is 0.279 e. The van der Waals surface area contributed by atoms with E-state index in [-0.39, 0.29) is 29.9 Å². The number of benzene rings is 2. The number of quaternary nitrogens is 1. The van der Waals surface area contributed by atoms with Crippen molar-refractivity contribution in [3.63, 3.8) is 0 Å². The summed E-state index contributed by atoms with van der Waals surface area (Å²) in [6, 6.07) is 11.6. The first kappa shape index (κ1) is 19.9. The minimum atomic E-state index is -0.545. The van der Waals surface area contributed by atoms with Crippen LogP contribution in [0.2, 0.25) is 5.02 Å². The van der Waals surface area contributed by atoms with Crippen LogP contribution in [0.4, 0.5) is 15.8 Å². The molecule has 0 heterocycles. The number of para-hydroxylation sites is 1. The number of anilines is 2. The van der Waals surface area contributed by atoms with E-state index in [0.29, 0.717) is 5.69 Å². The molecule has 2 aromatic carbocycles. The molecular formula is C19H22ClFN3O2+. The number of amides is 2. The van der Waals surface area contributed by atoms with Gasteiger partial charge in [-0.3, -0.25) is 9.59 Å². The third-order valence-corrected chi connectivity index (χ3v) is 4.09. The van der Waals surface area contributed by atoms with Crippen molar-refractivity contribution in [3.8, 4) is 0 Å². The van der Waals surface area contributed by atoms with Crippen LogP contribution in [0.3, 0.4) is 0 Å². The van der Waals surface area contributed by atoms with Crippen molar-refractivity contribution in [2.75, 3.05) is 30.8 Å². The summed E-state index contributed by atoms with van der Waals surface area (Å²) in [4.78, 5) is 25.0. The molecule has 0 radical (unpaired) electrons. The number of rotatable bonds is 7. The lowest BCUT2D eigenvalue weighted by atomic mass is 10.1. The lowest BCUT2D eigenvalue weighted by Gasteiger charge is -2.15. The summed E-state index contributed by atoms with van der Waals surface area (Å²) < 4.78 is 13.1. The van der Waals surface area contributed by atoms with E-state index in [9.17, 15) is 14.0 Å². The molecule has 0 aliphatic carbocycles. The fourth-order valence-electron chi connectivity index (χ4n) is 2.53. The second-order valence-electron chi connectivity index (χ2n) is 6.05. The van der Waals surface area contributed by atoms with Gasteiger partial charge in [-0.15, -0.1) is 0 Å². The summed E-state index contributed by atoms with van der Waals surface area (Å²) in [5, 5.41) is 5.46. The van der Waals surface area contributed by atoms with E-state index >= 15 is 0 Å². The van der Waals surface area contributed by atoms with Crippen LogP contribution in [0, 0.1) is 5.82 Å². The van der Waals surface area contributed by atoms with Gasteiger partial charge >= 0.3 is 0 Å². The van der Waals surface area contributed by atoms with Gasteiger partial charge in [0.25, 0.3) is 11.8 Å². The maximum atomic E-state index is 13.1. The van der Waals surface area contributed by atoms with Gasteiger partial charge in [0.1, 0.15) is 5.82 Å². The second kappa shape index (κ2) is 9.31. The van der Waals surface area contributed by atoms with E-state index in [1.165, 1.54) is 18.2 Å². The van der Waals surface area contributed by atoms with Crippen LogP contribution in [0.5, 0.6) is 0 Å². The van der Waals surface area contributed by atoms with Gasteiger partial charge < -0.3 is 15.5 Å². The molecule has 0 aliphatic rings. The van der Waals surface area contributed by atoms with Gasteiger partial charge in [0.05, 0.1) is 12.1 Å². The van der Waals surface area contributed by atoms with Crippen molar-refractivity contribution in [2.45, 2.75) is 13.3 Å². The van der Waals surface area contributed by atoms with Gasteiger partial charge in [-0.2, -0.15) is 0 Å². The highest BCUT2D eigenvalue weighted by Gasteiger charge is 2.15. The first-order chi connectivity index (χ1) is 12.4. The lowest BCUT2D eigenvalue weighted by Crippen LogP contribution is -3.11. The third kappa shape index (κ3) is 5.82. The van der Waals surface area contributed by atoms with Crippen LogP contribution < -0.4 is 15.5 Å². The van der Waals surface area contributed by atoms with Crippen LogP contribution in [-0.2, 0) is 16.0 Å². The Morgan fingerprint density at radius 2 is 1.73 bits per heavy atom. The number of aryl methyl sites for hydroxylation is 1. The molecule has 138 valence electrons. The molecule has 0 bridgehead atoms. The molecule has 0 fully saturated rings. The zero-order chi connectivity index (χ0) is 19.1. The maximum absolute atomic E-state index is 13.1. The monoisotopic (exact) mass is 378 g/mol. The molecule has 7 heteroatoms. The second-order valence-corrected chi connectivity index (χ2v) is 6.45. The van der Waals surface area contributed by atoms with Crippen LogP contribution >= 0.6 is 11.6 Å². The molecule has 0 aromatic heterocycles. The first-order valence-electron chi connectivity index (χ1n) is 8.33. The minimum absolute atomic E-state index is 0.0579. The van der Waals surface area contributed by atoms with E-state index < -0.39 is 5.82 Å². The van der Waals surface area contributed by atoms with Gasteiger partial charge in [0.15, 0.2) is 13.1 Å². The molecule has 0 spiro atoms. The summed E-state index contributed by atoms with van der Waals surface area (Å²) in [5.74, 6) is -0.996. The summed E-state index contributed by atoms with van der Waals surface area (Å²) >= 11 is 5.69. The molecule has 1 unspecified atom stereocenters. The molecule has 1 atom stereocenters. The topological polar surface area (TPSA) is 62.6 Å². The fourth-order valence-corrected chi connectivity index (χ4v) is 2.72. The molecule has 0 aliphatic heterocycles. The summed E-state index contributed by atoms with van der Waals surface area (Å²) in [5.41, 5.74) is 2.26. The van der Waals surface area contributed by atoms with Gasteiger partial charge in [-0.25, -0.2) is 4.39 Å². The van der Waals surface area contributed by atoms with Crippen LogP contribution in [0.1, 0.15) is 12.5 Å². The molecule has 0 saturated carbocycles. The van der Waals surface area contributed by atoms with Crippen molar-refractivity contribution in [2.24, 2.45) is 0 Å². The number of halogens is 2. The smallest absolute Gasteiger partial charge is 0.279 e. The van der Waals surface area contributed by atoms with Gasteiger partial charge in [0.2, 0.25) is 0 Å². The fraction of sp³-hybridized carbons (Fsp3) is 0.263. The van der Waals surface area contributed by atoms with Crippen LogP contribution in [0.15, 0.2) is 42.5 Å². The summed E-state index contributed by atoms with van der Waals surface area (Å²) in [6.45, 7) is 2.27. The van der Waals surface area contributed by atoms with E-state index in [1.54, 1.807) is 7.05 Å². The molecule has 0 saturated heterocycles. The molecular weight excluding hydrogens is 357 g/mol. The number of hydrogen-bond donors (Lipinski definition) is 3. The first-order valence-corrected chi connectivity index (χ1v) is 8.70. The Bertz CT molecular complexity index is 798. The number of carbonyl (C=O) groups excluding carboxylic acids is 2. The predicted molar refractivity (Wildman–Crippen MR) is 101 cm³/mol. The zero-order valence-corrected chi connectivity index (χ0v) is 15.5. The Labute approximate surface area is 157 Å². The highest BCUT2D eigenvalue weighted by Crippen LogP contribution is 2.19. The average Bonchev–Trinajstić information content (AvgIpc) is 2.58. The predicted octanol–water partition coefficient (Wildman–Crippen LogP) is 2.13. The number of likely N-dealkylation sites (N-methyl/N-ethyl adjacent to an activating group) is 1. The van der Waals surface area contributed by atoms with Crippen molar-refractivity contribution in [1.29, 1.82) is 0 Å². The van der Waals surface area contributed by atoms with Crippen LogP contribution in [0.25, 0.3) is 0 Å². The standard InChI is InChI=1S/C19H21ClFN3O2/c1-3-13-6-4-5-7-17(13)23-19(26)12-24(2)11-18(25)22-14-8-9-16(21)15(20)10-14/h4-10H,3,11-12H2,1-2H3,(H,22,25)(H,23,26)/p+1. The number of hydrogen-bond acceptors (Lipinski definition) is 2. The molecule has 2 rings (SSSR count). The van der Waals surface area contributed by atoms with Gasteiger partial charge in [-0.1, -0.05) is 36.7 Å². The summed E-state index contributed by atoms with van der Waals surface area (Å²) in [6.07, 6.45) is 0.821. The number of nitrogens with one attached hydrogen (secondary N) is 3. The Morgan fingerprint density at radius 1 is 1.08 bits per heavy atom. The number of carbonyl (C=O) groups is 2. The largest absolute Gasteiger partial charge is 0.322 e. The van der Waals surface area contributed by atoms with Crippen molar-refractivity contribution in [1.82, 2.24) is 0 Å². The minimum Gasteiger partial charge on any atom is -0.322 e. The Balaban J connectivity index is 1.85. The highest BCUT2D eigenvalue weighted by atomic mass is 35.5. The lowest BCUT2D eigenvalue weighted by molar-refractivity contribution is -0.862. The third-order valence-electron chi connectivity index (χ3n) is 3.80. The normalized spacial score (nSPS) is 11.7. The molecule has 2 aromatic rings. The van der Waals surface area contributed by atoms with E-state index in [1.807, 2.05) is 31.2 Å². The van der Waals surface area contributed by atoms with E-state index in [2.05, 4.69) is 10.6 Å². The highest BCUT2D eigenvalue weighted by molar-refractivity contribution is 6.31. The van der Waals surface area contributed by atoms with E-state index in [4.69, 9.17) is 11.6 Å². The molecule has 3 N–H and O–H groups in total. The molecule has 5 nitrogen and oxygen atoms in total. The Morgan fingerprint density at radius 3 is 2.38 bits per heavy atom. The van der Waals surface area contributed by atoms with E-state index in [0.717, 1.165) is 22.6 Å². The Hall–Kier alpha value is -2.44. The SMILES string of the molecule is CCc1ccccc1NC(=O)C[NH+](C)CC(=O)Nc1ccc(F)c(Cl)c1. The van der Waals surface area contributed by atoms with Crippen LogP contribution in [-0.4, -0.2) is 32.0 Å². The van der Waals surface area contributed by atoms with Crippen molar-refractivity contribution < 1.29 is 18.9 Å². The van der Waals surface area contributed by atoms with Gasteiger partial charge in [-0.05, 0) is 36.2 Å². The zero-order valence-electron chi connectivity index (χ0n) is 14.7. The molecule has 2 amide bonds. The van der Waals surface area contributed by atoms with Gasteiger partial charge in [0, 0.05) is 11.4 Å². The molecule has 26 heavy (non-hydrogen) atoms.